The van der Waals surface area contributed by atoms with Gasteiger partial charge in [-0.25, -0.2) is 0 Å². The normalized spacial score (nSPS) is 17.1. The molecule has 0 spiro atoms. The summed E-state index contributed by atoms with van der Waals surface area (Å²) in [6.07, 6.45) is 0.844. The molecule has 0 amide bonds. The molecule has 3 nitrogen and oxygen atoms in total. The van der Waals surface area contributed by atoms with Gasteiger partial charge in [-0.05, 0) is 18.2 Å². The monoisotopic (exact) mass is 270 g/mol. The van der Waals surface area contributed by atoms with Crippen molar-refractivity contribution in [2.75, 3.05) is 5.32 Å². The minimum Gasteiger partial charge on any atom is -0.340 e. The number of amidine groups is 1. The van der Waals surface area contributed by atoms with Crippen LogP contribution in [0.2, 0.25) is 5.02 Å². The van der Waals surface area contributed by atoms with Gasteiger partial charge in [0.15, 0.2) is 0 Å². The highest BCUT2D eigenvalue weighted by molar-refractivity contribution is 6.35. The number of anilines is 1. The second-order valence-electron chi connectivity index (χ2n) is 4.25. The SMILES string of the molecule is O=CC1N=C(c2ccccc2Cl)Nc2ccccc21. The van der Waals surface area contributed by atoms with Gasteiger partial charge in [0.05, 0.1) is 5.02 Å². The fourth-order valence-corrected chi connectivity index (χ4v) is 2.36. The highest BCUT2D eigenvalue weighted by Gasteiger charge is 2.21. The average Bonchev–Trinajstić information content (AvgIpc) is 2.46. The Hall–Kier alpha value is -2.13. The summed E-state index contributed by atoms with van der Waals surface area (Å²) in [6, 6.07) is 14.6. The Balaban J connectivity index is 2.09. The van der Waals surface area contributed by atoms with E-state index in [0.717, 1.165) is 23.1 Å². The lowest BCUT2D eigenvalue weighted by Gasteiger charge is -2.22. The minimum absolute atomic E-state index is 0.483. The summed E-state index contributed by atoms with van der Waals surface area (Å²) in [4.78, 5) is 15.6. The van der Waals surface area contributed by atoms with Gasteiger partial charge in [-0.2, -0.15) is 0 Å². The highest BCUT2D eigenvalue weighted by Crippen LogP contribution is 2.30. The summed E-state index contributed by atoms with van der Waals surface area (Å²) in [5.74, 6) is 0.626. The van der Waals surface area contributed by atoms with Crippen LogP contribution in [0.25, 0.3) is 0 Å². The molecule has 0 saturated carbocycles. The summed E-state index contributed by atoms with van der Waals surface area (Å²) in [5, 5.41) is 3.83. The van der Waals surface area contributed by atoms with Crippen molar-refractivity contribution in [3.05, 3.63) is 64.7 Å². The lowest BCUT2D eigenvalue weighted by Crippen LogP contribution is -2.22. The summed E-state index contributed by atoms with van der Waals surface area (Å²) in [7, 11) is 0. The number of aldehydes is 1. The third kappa shape index (κ3) is 2.13. The van der Waals surface area contributed by atoms with E-state index in [2.05, 4.69) is 10.3 Å². The van der Waals surface area contributed by atoms with Crippen molar-refractivity contribution in [1.29, 1.82) is 0 Å². The van der Waals surface area contributed by atoms with Gasteiger partial charge in [-0.3, -0.25) is 4.99 Å². The van der Waals surface area contributed by atoms with Gasteiger partial charge in [0.25, 0.3) is 0 Å². The Bertz CT molecular complexity index is 667. The Labute approximate surface area is 115 Å². The first-order chi connectivity index (χ1) is 9.29. The number of nitrogens with zero attached hydrogens (tertiary/aromatic N) is 1. The van der Waals surface area contributed by atoms with Crippen LogP contribution in [-0.2, 0) is 4.79 Å². The number of nitrogens with one attached hydrogen (secondary N) is 1. The van der Waals surface area contributed by atoms with Crippen molar-refractivity contribution in [3.8, 4) is 0 Å². The highest BCUT2D eigenvalue weighted by atomic mass is 35.5. The van der Waals surface area contributed by atoms with E-state index in [1.807, 2.05) is 42.5 Å². The lowest BCUT2D eigenvalue weighted by molar-refractivity contribution is -0.108. The van der Waals surface area contributed by atoms with Crippen molar-refractivity contribution in [2.24, 2.45) is 4.99 Å². The van der Waals surface area contributed by atoms with Gasteiger partial charge < -0.3 is 10.1 Å². The largest absolute Gasteiger partial charge is 0.340 e. The predicted molar refractivity (Wildman–Crippen MR) is 76.9 cm³/mol. The van der Waals surface area contributed by atoms with Crippen LogP contribution in [0.1, 0.15) is 17.2 Å². The quantitative estimate of drug-likeness (QED) is 0.849. The van der Waals surface area contributed by atoms with Crippen LogP contribution in [0.15, 0.2) is 53.5 Å². The Morgan fingerprint density at radius 3 is 2.63 bits per heavy atom. The average molecular weight is 271 g/mol. The standard InChI is InChI=1S/C15H11ClN2O/c16-12-7-3-1-5-10(12)15-17-13-8-4-2-6-11(13)14(9-19)18-15/h1-9,14H,(H,17,18). The third-order valence-electron chi connectivity index (χ3n) is 3.06. The van der Waals surface area contributed by atoms with Crippen LogP contribution in [-0.4, -0.2) is 12.1 Å². The molecule has 2 aromatic carbocycles. The first-order valence-corrected chi connectivity index (χ1v) is 6.31. The molecule has 3 rings (SSSR count). The van der Waals surface area contributed by atoms with Crippen LogP contribution in [0.3, 0.4) is 0 Å². The lowest BCUT2D eigenvalue weighted by atomic mass is 10.0. The minimum atomic E-state index is -0.483. The summed E-state index contributed by atoms with van der Waals surface area (Å²) >= 11 is 6.17. The summed E-state index contributed by atoms with van der Waals surface area (Å²) in [5.41, 5.74) is 2.57. The first kappa shape index (κ1) is 11.9. The molecule has 1 heterocycles. The molecule has 1 atom stereocenters. The van der Waals surface area contributed by atoms with Crippen LogP contribution in [0, 0.1) is 0 Å². The number of rotatable bonds is 2. The molecule has 0 aliphatic carbocycles. The van der Waals surface area contributed by atoms with E-state index in [4.69, 9.17) is 11.6 Å². The van der Waals surface area contributed by atoms with Crippen LogP contribution >= 0.6 is 11.6 Å². The van der Waals surface area contributed by atoms with E-state index in [1.165, 1.54) is 0 Å². The maximum Gasteiger partial charge on any atom is 0.149 e. The molecule has 1 aliphatic rings. The second-order valence-corrected chi connectivity index (χ2v) is 4.66. The van der Waals surface area contributed by atoms with E-state index in [1.54, 1.807) is 6.07 Å². The van der Waals surface area contributed by atoms with Crippen molar-refractivity contribution in [2.45, 2.75) is 6.04 Å². The summed E-state index contributed by atoms with van der Waals surface area (Å²) in [6.45, 7) is 0. The Morgan fingerprint density at radius 2 is 1.84 bits per heavy atom. The number of hydrogen-bond acceptors (Lipinski definition) is 3. The maximum atomic E-state index is 11.2. The zero-order valence-corrected chi connectivity index (χ0v) is 10.8. The summed E-state index contributed by atoms with van der Waals surface area (Å²) < 4.78 is 0. The number of benzene rings is 2. The van der Waals surface area contributed by atoms with Gasteiger partial charge in [0.1, 0.15) is 18.2 Å². The first-order valence-electron chi connectivity index (χ1n) is 5.93. The maximum absolute atomic E-state index is 11.2. The number of hydrogen-bond donors (Lipinski definition) is 1. The molecule has 0 aromatic heterocycles. The van der Waals surface area contributed by atoms with Crippen molar-refractivity contribution in [1.82, 2.24) is 0 Å². The molecule has 1 unspecified atom stereocenters. The third-order valence-corrected chi connectivity index (χ3v) is 3.39. The number of carbonyl (C=O) groups is 1. The molecular weight excluding hydrogens is 260 g/mol. The molecule has 94 valence electrons. The Kier molecular flexibility index (Phi) is 3.05. The fraction of sp³-hybridized carbons (Fsp3) is 0.0667. The zero-order chi connectivity index (χ0) is 13.2. The van der Waals surface area contributed by atoms with Gasteiger partial charge in [-0.15, -0.1) is 0 Å². The van der Waals surface area contributed by atoms with E-state index < -0.39 is 6.04 Å². The van der Waals surface area contributed by atoms with E-state index >= 15 is 0 Å². The number of fused-ring (bicyclic) bond motifs is 1. The van der Waals surface area contributed by atoms with Crippen molar-refractivity contribution >= 4 is 29.4 Å². The van der Waals surface area contributed by atoms with Crippen molar-refractivity contribution in [3.63, 3.8) is 0 Å². The van der Waals surface area contributed by atoms with Crippen LogP contribution < -0.4 is 5.32 Å². The fourth-order valence-electron chi connectivity index (χ4n) is 2.13. The molecule has 1 N–H and O–H groups in total. The van der Waals surface area contributed by atoms with Crippen molar-refractivity contribution < 1.29 is 4.79 Å². The Morgan fingerprint density at radius 1 is 1.11 bits per heavy atom. The van der Waals surface area contributed by atoms with Crippen LogP contribution in [0.4, 0.5) is 5.69 Å². The predicted octanol–water partition coefficient (Wildman–Crippen LogP) is 3.45. The van der Waals surface area contributed by atoms with Crippen LogP contribution in [0.5, 0.6) is 0 Å². The second kappa shape index (κ2) is 4.86. The van der Waals surface area contributed by atoms with Gasteiger partial charge in [-0.1, -0.05) is 41.9 Å². The zero-order valence-electron chi connectivity index (χ0n) is 10.0. The van der Waals surface area contributed by atoms with E-state index in [-0.39, 0.29) is 0 Å². The topological polar surface area (TPSA) is 41.5 Å². The van der Waals surface area contributed by atoms with E-state index in [0.29, 0.717) is 10.9 Å². The molecule has 0 bridgehead atoms. The molecule has 0 radical (unpaired) electrons. The number of carbonyl (C=O) groups excluding carboxylic acids is 1. The van der Waals surface area contributed by atoms with Gasteiger partial charge in [0, 0.05) is 16.8 Å². The smallest absolute Gasteiger partial charge is 0.149 e. The molecule has 19 heavy (non-hydrogen) atoms. The molecule has 4 heteroatoms. The van der Waals surface area contributed by atoms with Gasteiger partial charge in [0.2, 0.25) is 0 Å². The number of halogens is 1. The number of aliphatic imine (C=N–C) groups is 1. The molecule has 0 fully saturated rings. The molecule has 0 saturated heterocycles. The number of para-hydroxylation sites is 1. The molecular formula is C15H11ClN2O. The molecule has 2 aromatic rings. The van der Waals surface area contributed by atoms with E-state index in [9.17, 15) is 4.79 Å². The molecule has 1 aliphatic heterocycles. The van der Waals surface area contributed by atoms with Gasteiger partial charge >= 0.3 is 0 Å².